The number of piperidine rings is 1. The van der Waals surface area contributed by atoms with E-state index in [1.807, 2.05) is 0 Å². The Morgan fingerprint density at radius 2 is 1.74 bits per heavy atom. The van der Waals surface area contributed by atoms with E-state index >= 15 is 0 Å². The minimum Gasteiger partial charge on any atom is -0.376 e. The number of sulfonamides is 1. The van der Waals surface area contributed by atoms with E-state index in [1.54, 1.807) is 30.3 Å². The van der Waals surface area contributed by atoms with Gasteiger partial charge < -0.3 is 15.4 Å². The van der Waals surface area contributed by atoms with Crippen LogP contribution in [0.1, 0.15) is 41.6 Å². The molecule has 2 aliphatic rings. The van der Waals surface area contributed by atoms with Crippen molar-refractivity contribution >= 4 is 27.5 Å². The van der Waals surface area contributed by atoms with Crippen LogP contribution in [-0.2, 0) is 25.3 Å². The van der Waals surface area contributed by atoms with Crippen LogP contribution in [0.15, 0.2) is 48.5 Å². The van der Waals surface area contributed by atoms with E-state index in [2.05, 4.69) is 10.6 Å². The molecule has 0 bridgehead atoms. The largest absolute Gasteiger partial charge is 0.376 e. The van der Waals surface area contributed by atoms with Crippen LogP contribution in [-0.4, -0.2) is 56.9 Å². The van der Waals surface area contributed by atoms with Gasteiger partial charge in [-0.15, -0.1) is 0 Å². The average Bonchev–Trinajstić information content (AvgIpc) is 3.38. The summed E-state index contributed by atoms with van der Waals surface area (Å²) in [6, 6.07) is 12.6. The number of carbonyl (C=O) groups is 2. The summed E-state index contributed by atoms with van der Waals surface area (Å²) in [7, 11) is -3.70. The Balaban J connectivity index is 1.32. The highest BCUT2D eigenvalue weighted by Gasteiger charge is 2.32. The number of para-hydroxylation sites is 1. The quantitative estimate of drug-likeness (QED) is 0.577. The summed E-state index contributed by atoms with van der Waals surface area (Å²) in [4.78, 5) is 25.6. The summed E-state index contributed by atoms with van der Waals surface area (Å²) in [5.41, 5.74) is 0.905. The van der Waals surface area contributed by atoms with Crippen LogP contribution in [0.3, 0.4) is 0 Å². The first-order valence-electron chi connectivity index (χ1n) is 11.8. The lowest BCUT2D eigenvalue weighted by molar-refractivity contribution is -0.120. The monoisotopic (exact) mass is 503 g/mol. The Bertz CT molecular complexity index is 1160. The number of ether oxygens (including phenoxy) is 1. The van der Waals surface area contributed by atoms with Gasteiger partial charge in [0.1, 0.15) is 5.82 Å². The van der Waals surface area contributed by atoms with Gasteiger partial charge in [-0.2, -0.15) is 0 Å². The van der Waals surface area contributed by atoms with Crippen molar-refractivity contribution in [3.8, 4) is 0 Å². The van der Waals surface area contributed by atoms with Crippen LogP contribution in [0.25, 0.3) is 0 Å². The van der Waals surface area contributed by atoms with E-state index in [0.717, 1.165) is 12.8 Å². The SMILES string of the molecule is O=C(NC[C@H]1CCCO1)c1ccccc1NC(=O)C1CCN(S(=O)(=O)Cc2ccccc2F)CC1. The van der Waals surface area contributed by atoms with Crippen LogP contribution >= 0.6 is 0 Å². The molecule has 35 heavy (non-hydrogen) atoms. The second-order valence-corrected chi connectivity index (χ2v) is 10.9. The Morgan fingerprint density at radius 3 is 2.46 bits per heavy atom. The predicted octanol–water partition coefficient (Wildman–Crippen LogP) is 2.92. The fraction of sp³-hybridized carbons (Fsp3) is 0.440. The molecule has 2 aliphatic heterocycles. The fourth-order valence-corrected chi connectivity index (χ4v) is 6.01. The number of hydrogen-bond acceptors (Lipinski definition) is 5. The molecule has 2 fully saturated rings. The highest BCUT2D eigenvalue weighted by atomic mass is 32.2. The lowest BCUT2D eigenvalue weighted by Gasteiger charge is -2.30. The first-order chi connectivity index (χ1) is 16.8. The maximum Gasteiger partial charge on any atom is 0.253 e. The van der Waals surface area contributed by atoms with Crippen molar-refractivity contribution in [3.05, 3.63) is 65.5 Å². The molecule has 0 spiro atoms. The number of carbonyl (C=O) groups excluding carboxylic acids is 2. The van der Waals surface area contributed by atoms with Gasteiger partial charge >= 0.3 is 0 Å². The topological polar surface area (TPSA) is 105 Å². The standard InChI is InChI=1S/C25H30FN3O5S/c26-22-9-3-1-6-19(22)17-35(32,33)29-13-11-18(12-14-29)24(30)28-23-10-4-2-8-21(23)25(31)27-16-20-7-5-15-34-20/h1-4,6,8-10,18,20H,5,7,11-17H2,(H,27,31)(H,28,30)/t20-/m1/s1. The van der Waals surface area contributed by atoms with E-state index in [0.29, 0.717) is 37.2 Å². The summed E-state index contributed by atoms with van der Waals surface area (Å²) in [6.07, 6.45) is 2.59. The van der Waals surface area contributed by atoms with Crippen LogP contribution < -0.4 is 10.6 Å². The third-order valence-corrected chi connectivity index (χ3v) is 8.29. The highest BCUT2D eigenvalue weighted by Crippen LogP contribution is 2.25. The number of nitrogens with zero attached hydrogens (tertiary/aromatic N) is 1. The fourth-order valence-electron chi connectivity index (χ4n) is 4.43. The number of anilines is 1. The number of hydrogen-bond donors (Lipinski definition) is 2. The Hall–Kier alpha value is -2.82. The molecule has 0 aliphatic carbocycles. The first kappa shape index (κ1) is 25.3. The number of nitrogens with one attached hydrogen (secondary N) is 2. The van der Waals surface area contributed by atoms with E-state index < -0.39 is 27.5 Å². The lowest BCUT2D eigenvalue weighted by Crippen LogP contribution is -2.42. The number of amides is 2. The summed E-state index contributed by atoms with van der Waals surface area (Å²) in [6.45, 7) is 1.48. The van der Waals surface area contributed by atoms with Crippen LogP contribution in [0.2, 0.25) is 0 Å². The molecule has 2 heterocycles. The third kappa shape index (κ3) is 6.45. The molecule has 1 atom stereocenters. The maximum atomic E-state index is 13.9. The lowest BCUT2D eigenvalue weighted by atomic mass is 9.97. The van der Waals surface area contributed by atoms with E-state index in [1.165, 1.54) is 22.5 Å². The van der Waals surface area contributed by atoms with Gasteiger partial charge in [0.25, 0.3) is 5.91 Å². The smallest absolute Gasteiger partial charge is 0.253 e. The van der Waals surface area contributed by atoms with E-state index in [-0.39, 0.29) is 36.6 Å². The Kier molecular flexibility index (Phi) is 8.15. The van der Waals surface area contributed by atoms with Gasteiger partial charge in [-0.3, -0.25) is 9.59 Å². The van der Waals surface area contributed by atoms with Crippen molar-refractivity contribution in [2.45, 2.75) is 37.5 Å². The minimum absolute atomic E-state index is 0.0144. The summed E-state index contributed by atoms with van der Waals surface area (Å²) >= 11 is 0. The van der Waals surface area contributed by atoms with Crippen molar-refractivity contribution in [2.75, 3.05) is 31.6 Å². The predicted molar refractivity (Wildman–Crippen MR) is 130 cm³/mol. The average molecular weight is 504 g/mol. The van der Waals surface area contributed by atoms with Crippen molar-refractivity contribution in [1.29, 1.82) is 0 Å². The zero-order chi connectivity index (χ0) is 24.8. The molecule has 8 nitrogen and oxygen atoms in total. The molecule has 0 saturated carbocycles. The van der Waals surface area contributed by atoms with Crippen molar-refractivity contribution in [1.82, 2.24) is 9.62 Å². The van der Waals surface area contributed by atoms with Crippen LogP contribution in [0.5, 0.6) is 0 Å². The molecule has 10 heteroatoms. The Morgan fingerprint density at radius 1 is 1.03 bits per heavy atom. The van der Waals surface area contributed by atoms with Gasteiger partial charge in [-0.05, 0) is 43.9 Å². The molecule has 2 saturated heterocycles. The van der Waals surface area contributed by atoms with E-state index in [9.17, 15) is 22.4 Å². The molecule has 4 rings (SSSR count). The molecule has 2 N–H and O–H groups in total. The van der Waals surface area contributed by atoms with Gasteiger partial charge in [-0.1, -0.05) is 30.3 Å². The molecule has 0 unspecified atom stereocenters. The van der Waals surface area contributed by atoms with Crippen LogP contribution in [0, 0.1) is 11.7 Å². The molecule has 0 radical (unpaired) electrons. The molecular formula is C25H30FN3O5S. The molecule has 2 aromatic carbocycles. The van der Waals surface area contributed by atoms with Gasteiger partial charge in [-0.25, -0.2) is 17.1 Å². The van der Waals surface area contributed by atoms with Gasteiger partial charge in [0.05, 0.1) is 23.1 Å². The third-order valence-electron chi connectivity index (χ3n) is 6.46. The normalized spacial score (nSPS) is 19.4. The van der Waals surface area contributed by atoms with Gasteiger partial charge in [0.2, 0.25) is 15.9 Å². The van der Waals surface area contributed by atoms with Crippen molar-refractivity contribution in [3.63, 3.8) is 0 Å². The minimum atomic E-state index is -3.70. The molecule has 2 amide bonds. The molecule has 0 aromatic heterocycles. The number of benzene rings is 2. The maximum absolute atomic E-state index is 13.9. The number of rotatable bonds is 8. The summed E-state index contributed by atoms with van der Waals surface area (Å²) < 4.78 is 46.3. The Labute approximate surface area is 204 Å². The molecular weight excluding hydrogens is 473 g/mol. The first-order valence-corrected chi connectivity index (χ1v) is 13.5. The molecule has 2 aromatic rings. The second kappa shape index (κ2) is 11.3. The van der Waals surface area contributed by atoms with Gasteiger partial charge in [0.15, 0.2) is 0 Å². The zero-order valence-corrected chi connectivity index (χ0v) is 20.2. The van der Waals surface area contributed by atoms with E-state index in [4.69, 9.17) is 4.74 Å². The highest BCUT2D eigenvalue weighted by molar-refractivity contribution is 7.88. The van der Waals surface area contributed by atoms with Crippen molar-refractivity contribution < 1.29 is 27.1 Å². The van der Waals surface area contributed by atoms with Crippen LogP contribution in [0.4, 0.5) is 10.1 Å². The zero-order valence-electron chi connectivity index (χ0n) is 19.4. The molecule has 188 valence electrons. The van der Waals surface area contributed by atoms with Gasteiger partial charge in [0, 0.05) is 37.7 Å². The summed E-state index contributed by atoms with van der Waals surface area (Å²) in [5, 5.41) is 5.71. The summed E-state index contributed by atoms with van der Waals surface area (Å²) in [5.74, 6) is -1.90. The second-order valence-electron chi connectivity index (χ2n) is 8.90. The van der Waals surface area contributed by atoms with Crippen molar-refractivity contribution in [2.24, 2.45) is 5.92 Å². The number of halogens is 1.